The van der Waals surface area contributed by atoms with Crippen molar-refractivity contribution < 1.29 is 14.6 Å². The summed E-state index contributed by atoms with van der Waals surface area (Å²) >= 11 is 0. The lowest BCUT2D eigenvalue weighted by molar-refractivity contribution is 0.100. The lowest BCUT2D eigenvalue weighted by Gasteiger charge is -2.12. The van der Waals surface area contributed by atoms with Crippen LogP contribution in [0.25, 0.3) is 0 Å². The van der Waals surface area contributed by atoms with E-state index >= 15 is 0 Å². The molecule has 6 N–H and O–H groups in total. The first-order chi connectivity index (χ1) is 12.1. The molecule has 1 amide bonds. The van der Waals surface area contributed by atoms with Crippen LogP contribution < -0.4 is 26.4 Å². The zero-order valence-corrected chi connectivity index (χ0v) is 15.2. The first-order valence-corrected chi connectivity index (χ1v) is 7.93. The van der Waals surface area contributed by atoms with Crippen LogP contribution in [0.2, 0.25) is 0 Å². The van der Waals surface area contributed by atoms with Crippen molar-refractivity contribution in [3.8, 4) is 5.75 Å². The highest BCUT2D eigenvalue weighted by atomic mass is 32.1. The topological polar surface area (TPSA) is 134 Å². The quantitative estimate of drug-likeness (QED) is 0.521. The summed E-state index contributed by atoms with van der Waals surface area (Å²) in [6.45, 7) is 3.15. The summed E-state index contributed by atoms with van der Waals surface area (Å²) in [6.07, 6.45) is 0.827. The van der Waals surface area contributed by atoms with E-state index in [-0.39, 0.29) is 25.7 Å². The molecule has 3 rings (SSSR count). The second-order valence-corrected chi connectivity index (χ2v) is 5.53. The highest BCUT2D eigenvalue weighted by Crippen LogP contribution is 2.30. The van der Waals surface area contributed by atoms with Gasteiger partial charge in [0.1, 0.15) is 24.3 Å². The predicted molar refractivity (Wildman–Crippen MR) is 105 cm³/mol. The largest absolute Gasteiger partial charge is 0.489 e. The fourth-order valence-electron chi connectivity index (χ4n) is 2.40. The summed E-state index contributed by atoms with van der Waals surface area (Å²) in [7, 11) is 0. The van der Waals surface area contributed by atoms with Crippen LogP contribution in [0, 0.1) is 0 Å². The Bertz CT molecular complexity index is 789. The maximum atomic E-state index is 11.4. The average Bonchev–Trinajstić information content (AvgIpc) is 2.77. The van der Waals surface area contributed by atoms with Crippen LogP contribution in [0.5, 0.6) is 5.75 Å². The molecular formula is C16H22N6O3S. The van der Waals surface area contributed by atoms with Crippen LogP contribution in [0.3, 0.4) is 0 Å². The number of hydrogen-bond acceptors (Lipinski definition) is 8. The second kappa shape index (κ2) is 8.59. The standard InChI is InChI=1S/C16H20N6O3.H2S/c1-2-18-15-11(14(17)24)7-20-16(22-15)21-9-3-4-13-12(5-9)19-6-10(23)8-25-13;/h3-5,7,10,19,23H,2,6,8H2,1H3,(H2,17,24)(H2,18,20,21,22);1H2/t10-;/m0./s1. The third-order valence-electron chi connectivity index (χ3n) is 3.59. The van der Waals surface area contributed by atoms with Crippen molar-refractivity contribution in [2.24, 2.45) is 5.73 Å². The monoisotopic (exact) mass is 378 g/mol. The number of anilines is 4. The van der Waals surface area contributed by atoms with E-state index in [0.29, 0.717) is 30.6 Å². The fourth-order valence-corrected chi connectivity index (χ4v) is 2.40. The number of carbonyl (C=O) groups excluding carboxylic acids is 1. The van der Waals surface area contributed by atoms with Gasteiger partial charge in [0.05, 0.1) is 11.3 Å². The Labute approximate surface area is 157 Å². The van der Waals surface area contributed by atoms with Crippen molar-refractivity contribution in [3.63, 3.8) is 0 Å². The molecule has 0 spiro atoms. The van der Waals surface area contributed by atoms with Crippen molar-refractivity contribution >= 4 is 42.5 Å². The third kappa shape index (κ3) is 4.46. The van der Waals surface area contributed by atoms with Gasteiger partial charge >= 0.3 is 0 Å². The van der Waals surface area contributed by atoms with E-state index in [2.05, 4.69) is 25.9 Å². The number of nitrogens with one attached hydrogen (secondary N) is 3. The van der Waals surface area contributed by atoms with E-state index in [4.69, 9.17) is 10.5 Å². The van der Waals surface area contributed by atoms with E-state index in [9.17, 15) is 9.90 Å². The van der Waals surface area contributed by atoms with Crippen molar-refractivity contribution in [1.82, 2.24) is 9.97 Å². The van der Waals surface area contributed by atoms with Crippen molar-refractivity contribution in [2.75, 3.05) is 35.6 Å². The molecule has 0 bridgehead atoms. The number of hydrogen-bond donors (Lipinski definition) is 5. The Morgan fingerprint density at radius 2 is 2.31 bits per heavy atom. The molecule has 0 unspecified atom stereocenters. The van der Waals surface area contributed by atoms with Crippen LogP contribution >= 0.6 is 13.5 Å². The molecule has 2 aromatic rings. The van der Waals surface area contributed by atoms with E-state index in [1.165, 1.54) is 6.20 Å². The number of nitrogens with zero attached hydrogens (tertiary/aromatic N) is 2. The van der Waals surface area contributed by atoms with Crippen LogP contribution in [-0.2, 0) is 0 Å². The van der Waals surface area contributed by atoms with Gasteiger partial charge in [-0.1, -0.05) is 0 Å². The normalized spacial score (nSPS) is 15.4. The number of amides is 1. The zero-order chi connectivity index (χ0) is 17.8. The molecule has 0 saturated carbocycles. The summed E-state index contributed by atoms with van der Waals surface area (Å²) in [5, 5.41) is 18.9. The first-order valence-electron chi connectivity index (χ1n) is 7.93. The van der Waals surface area contributed by atoms with Crippen molar-refractivity contribution in [2.45, 2.75) is 13.0 Å². The molecule has 10 heteroatoms. The minimum Gasteiger partial charge on any atom is -0.489 e. The van der Waals surface area contributed by atoms with Crippen LogP contribution in [0.4, 0.5) is 23.1 Å². The average molecular weight is 378 g/mol. The summed E-state index contributed by atoms with van der Waals surface area (Å²) in [5.41, 5.74) is 7.06. The van der Waals surface area contributed by atoms with Gasteiger partial charge in [0.2, 0.25) is 5.95 Å². The number of carbonyl (C=O) groups is 1. The first kappa shape index (κ1) is 19.6. The third-order valence-corrected chi connectivity index (χ3v) is 3.59. The number of fused-ring (bicyclic) bond motifs is 1. The van der Waals surface area contributed by atoms with E-state index in [1.807, 2.05) is 19.1 Å². The zero-order valence-electron chi connectivity index (χ0n) is 14.2. The minimum atomic E-state index is -0.590. The Balaban J connectivity index is 0.00000243. The lowest BCUT2D eigenvalue weighted by Crippen LogP contribution is -2.23. The Hall–Kier alpha value is -2.72. The van der Waals surface area contributed by atoms with Gasteiger partial charge in [0.15, 0.2) is 0 Å². The maximum Gasteiger partial charge on any atom is 0.254 e. The van der Waals surface area contributed by atoms with E-state index in [0.717, 1.165) is 11.4 Å². The van der Waals surface area contributed by atoms with Gasteiger partial charge in [0.25, 0.3) is 5.91 Å². The van der Waals surface area contributed by atoms with Gasteiger partial charge in [-0.05, 0) is 25.1 Å². The summed E-state index contributed by atoms with van der Waals surface area (Å²) < 4.78 is 5.53. The maximum absolute atomic E-state index is 11.4. The van der Waals surface area contributed by atoms with Crippen LogP contribution in [0.15, 0.2) is 24.4 Å². The molecule has 1 aromatic carbocycles. The van der Waals surface area contributed by atoms with E-state index < -0.39 is 12.0 Å². The summed E-state index contributed by atoms with van der Waals surface area (Å²) in [6, 6.07) is 5.45. The van der Waals surface area contributed by atoms with Gasteiger partial charge < -0.3 is 31.5 Å². The molecule has 9 nitrogen and oxygen atoms in total. The smallest absolute Gasteiger partial charge is 0.254 e. The molecule has 1 aliphatic heterocycles. The molecule has 1 atom stereocenters. The molecule has 1 aliphatic rings. The number of aliphatic hydroxyl groups is 1. The van der Waals surface area contributed by atoms with Gasteiger partial charge in [-0.15, -0.1) is 0 Å². The van der Waals surface area contributed by atoms with Gasteiger partial charge in [0, 0.05) is 25.0 Å². The summed E-state index contributed by atoms with van der Waals surface area (Å²) in [4.78, 5) is 19.8. The lowest BCUT2D eigenvalue weighted by atomic mass is 10.2. The number of aromatic nitrogens is 2. The number of rotatable bonds is 5. The molecule has 0 saturated heterocycles. The minimum absolute atomic E-state index is 0. The van der Waals surface area contributed by atoms with Gasteiger partial charge in [-0.3, -0.25) is 4.79 Å². The predicted octanol–water partition coefficient (Wildman–Crippen LogP) is 1.03. The Morgan fingerprint density at radius 3 is 3.04 bits per heavy atom. The number of primary amides is 1. The number of benzene rings is 1. The molecule has 0 fully saturated rings. The molecule has 0 aliphatic carbocycles. The van der Waals surface area contributed by atoms with Crippen LogP contribution in [-0.4, -0.2) is 46.8 Å². The van der Waals surface area contributed by atoms with Gasteiger partial charge in [-0.2, -0.15) is 18.5 Å². The number of aliphatic hydroxyl groups excluding tert-OH is 1. The van der Waals surface area contributed by atoms with E-state index in [1.54, 1.807) is 6.07 Å². The number of β-amino-alcohol motifs (C(OH)–C–C–N with tert-alkyl or cyclic N) is 1. The molecular weight excluding hydrogens is 356 g/mol. The Morgan fingerprint density at radius 1 is 1.50 bits per heavy atom. The second-order valence-electron chi connectivity index (χ2n) is 5.53. The molecule has 140 valence electrons. The molecule has 0 radical (unpaired) electrons. The van der Waals surface area contributed by atoms with Crippen molar-refractivity contribution in [1.29, 1.82) is 0 Å². The van der Waals surface area contributed by atoms with Crippen LogP contribution in [0.1, 0.15) is 17.3 Å². The number of nitrogens with two attached hydrogens (primary N) is 1. The highest BCUT2D eigenvalue weighted by Gasteiger charge is 2.15. The molecule has 2 heterocycles. The SMILES string of the molecule is CCNc1nc(Nc2ccc3c(c2)NC[C@H](O)CO3)ncc1C(N)=O.S. The highest BCUT2D eigenvalue weighted by molar-refractivity contribution is 7.59. The molecule has 26 heavy (non-hydrogen) atoms. The fraction of sp³-hybridized carbons (Fsp3) is 0.312. The number of ether oxygens (including phenoxy) is 1. The molecule has 1 aromatic heterocycles. The Kier molecular flexibility index (Phi) is 6.47. The summed E-state index contributed by atoms with van der Waals surface area (Å²) in [5.74, 6) is 0.787. The van der Waals surface area contributed by atoms with Crippen molar-refractivity contribution in [3.05, 3.63) is 30.0 Å². The van der Waals surface area contributed by atoms with Gasteiger partial charge in [-0.25, -0.2) is 4.98 Å².